The summed E-state index contributed by atoms with van der Waals surface area (Å²) in [6.07, 6.45) is 0.945. The maximum Gasteiger partial charge on any atom is 0.331 e. The van der Waals surface area contributed by atoms with Crippen LogP contribution in [-0.4, -0.2) is 103 Å². The third kappa shape index (κ3) is 4.98. The summed E-state index contributed by atoms with van der Waals surface area (Å²) >= 11 is 1.44. The van der Waals surface area contributed by atoms with Gasteiger partial charge in [-0.05, 0) is 68.1 Å². The molecule has 10 rings (SSSR count). The van der Waals surface area contributed by atoms with Gasteiger partial charge in [-0.25, -0.2) is 4.79 Å². The number of hydrogen-bond acceptors (Lipinski definition) is 15. The molecule has 1 amide bonds. The molecule has 15 nitrogen and oxygen atoms in total. The van der Waals surface area contributed by atoms with Gasteiger partial charge >= 0.3 is 11.9 Å². The number of amides is 1. The van der Waals surface area contributed by atoms with E-state index < -0.39 is 58.8 Å². The van der Waals surface area contributed by atoms with E-state index in [0.717, 1.165) is 16.7 Å². The van der Waals surface area contributed by atoms with E-state index in [1.807, 2.05) is 27.0 Å². The molecule has 0 unspecified atom stereocenters. The van der Waals surface area contributed by atoms with E-state index in [2.05, 4.69) is 15.1 Å². The van der Waals surface area contributed by atoms with Crippen LogP contribution in [0.2, 0.25) is 0 Å². The van der Waals surface area contributed by atoms with Gasteiger partial charge < -0.3 is 44.4 Å². The summed E-state index contributed by atoms with van der Waals surface area (Å²) in [5, 5.41) is 25.7. The van der Waals surface area contributed by atoms with Crippen molar-refractivity contribution in [1.82, 2.24) is 15.1 Å². The Kier molecular flexibility index (Phi) is 8.58. The largest absolute Gasteiger partial charge is 0.504 e. The minimum absolute atomic E-state index is 0.00761. The highest BCUT2D eigenvalue weighted by molar-refractivity contribution is 7.99. The molecule has 2 fully saturated rings. The van der Waals surface area contributed by atoms with E-state index in [9.17, 15) is 24.6 Å². The number of methoxy groups -OCH3 is 2. The van der Waals surface area contributed by atoms with Crippen molar-refractivity contribution in [1.29, 1.82) is 0 Å². The lowest BCUT2D eigenvalue weighted by Gasteiger charge is -2.62. The van der Waals surface area contributed by atoms with E-state index in [4.69, 9.17) is 34.2 Å². The molecule has 4 bridgehead atoms. The number of fused-ring (bicyclic) bond motifs is 9. The number of nitrogens with zero attached hydrogens (tertiary/aromatic N) is 2. The Hall–Kier alpha value is -4.90. The second-order valence-electron chi connectivity index (χ2n) is 15.4. The number of primary amides is 1. The van der Waals surface area contributed by atoms with Gasteiger partial charge in [0.1, 0.15) is 18.4 Å². The lowest BCUT2D eigenvalue weighted by molar-refractivity contribution is -0.160. The molecule has 7 atom stereocenters. The zero-order valence-corrected chi connectivity index (χ0v) is 32.7. The van der Waals surface area contributed by atoms with E-state index in [1.54, 1.807) is 12.1 Å². The number of phenols is 2. The summed E-state index contributed by atoms with van der Waals surface area (Å²) in [5.41, 5.74) is 10.5. The van der Waals surface area contributed by atoms with Crippen LogP contribution in [0.15, 0.2) is 18.2 Å². The van der Waals surface area contributed by atoms with Crippen molar-refractivity contribution in [3.8, 4) is 40.2 Å². The maximum atomic E-state index is 14.8. The molecule has 3 aromatic carbocycles. The number of ether oxygens (including phenoxy) is 6. The Bertz CT molecular complexity index is 2230. The van der Waals surface area contributed by atoms with Gasteiger partial charge in [0.2, 0.25) is 12.7 Å². The molecular formula is C40H44N4O11S. The van der Waals surface area contributed by atoms with Crippen LogP contribution in [0.3, 0.4) is 0 Å². The molecule has 0 aliphatic carbocycles. The quantitative estimate of drug-likeness (QED) is 0.223. The number of rotatable bonds is 4. The van der Waals surface area contributed by atoms with Crippen LogP contribution in [-0.2, 0) is 37.5 Å². The SMILES string of the molecule is COc1cc2c(cc1O)CCN[C@]21CS[C@@H]2c3c(OC(C)=O)c(C)c4c(c3[C@H](COC1=O)N1[C@@H]2[C@@H]2c3c(cc(C)c(OC)c3O)C[C@@H]([C@@H]1C(N)=O)N2C)OCO4. The smallest absolute Gasteiger partial charge is 0.331 e. The van der Waals surface area contributed by atoms with E-state index >= 15 is 0 Å². The number of esters is 2. The Balaban J connectivity index is 1.34. The molecule has 0 saturated carbocycles. The molecule has 56 heavy (non-hydrogen) atoms. The van der Waals surface area contributed by atoms with Crippen LogP contribution >= 0.6 is 11.8 Å². The molecule has 5 N–H and O–H groups in total. The fourth-order valence-corrected chi connectivity index (χ4v) is 12.1. The molecule has 16 heteroatoms. The zero-order chi connectivity index (χ0) is 39.5. The first-order valence-corrected chi connectivity index (χ1v) is 19.6. The number of benzene rings is 3. The van der Waals surface area contributed by atoms with E-state index in [0.29, 0.717) is 70.2 Å². The minimum Gasteiger partial charge on any atom is -0.504 e. The summed E-state index contributed by atoms with van der Waals surface area (Å²) in [6, 6.07) is 1.98. The fraction of sp³-hybridized carbons (Fsp3) is 0.475. The van der Waals surface area contributed by atoms with Crippen LogP contribution in [0.1, 0.15) is 68.8 Å². The predicted octanol–water partition coefficient (Wildman–Crippen LogP) is 2.95. The molecule has 1 spiro atoms. The third-order valence-corrected chi connectivity index (χ3v) is 14.1. The highest BCUT2D eigenvalue weighted by atomic mass is 32.2. The van der Waals surface area contributed by atoms with Crippen LogP contribution in [0, 0.1) is 13.8 Å². The van der Waals surface area contributed by atoms with Crippen molar-refractivity contribution in [2.24, 2.45) is 5.73 Å². The zero-order valence-electron chi connectivity index (χ0n) is 31.9. The van der Waals surface area contributed by atoms with Gasteiger partial charge in [-0.15, -0.1) is 11.8 Å². The van der Waals surface area contributed by atoms with Gasteiger partial charge in [-0.2, -0.15) is 0 Å². The normalized spacial score (nSPS) is 28.7. The summed E-state index contributed by atoms with van der Waals surface area (Å²) in [5.74, 6) is 0.109. The number of carbonyl (C=O) groups is 3. The van der Waals surface area contributed by atoms with Gasteiger partial charge in [0.05, 0.1) is 31.6 Å². The first kappa shape index (κ1) is 36.7. The fourth-order valence-electron chi connectivity index (χ4n) is 10.4. The second kappa shape index (κ2) is 13.1. The van der Waals surface area contributed by atoms with E-state index in [1.165, 1.54) is 32.9 Å². The summed E-state index contributed by atoms with van der Waals surface area (Å²) < 4.78 is 36.0. The number of hydrogen-bond donors (Lipinski definition) is 4. The standard InChI is InChI=1S/C40H44N4O11S/c1-16-9-20-10-22-29(38(41)48)44-23-13-52-39(49)40(21-12-25(50-5)24(46)11-19(21)7-8-42-40)14-56-37(31(44)30(43(22)4)26(20)32(47)33(16)51-6)28-27(23)36-35(53-15-54-36)17(2)34(28)55-18(3)45/h9,11-12,22-23,29-31,37,42,46-47H,7-8,10,13-15H2,1-6H3,(H2,41,48)/t22-,23-,29+,30-,31+,37+,40+/m0/s1. The van der Waals surface area contributed by atoms with Crippen molar-refractivity contribution in [2.75, 3.05) is 47.0 Å². The Morgan fingerprint density at radius 1 is 1.02 bits per heavy atom. The molecule has 7 aliphatic heterocycles. The summed E-state index contributed by atoms with van der Waals surface area (Å²) in [4.78, 5) is 45.9. The van der Waals surface area contributed by atoms with Gasteiger partial charge in [0.25, 0.3) is 0 Å². The number of aryl methyl sites for hydroxylation is 1. The number of likely N-dealkylation sites (N-methyl/N-ethyl adjacent to an activating group) is 1. The molecule has 296 valence electrons. The molecule has 0 aromatic heterocycles. The average molecular weight is 789 g/mol. The lowest BCUT2D eigenvalue weighted by Crippen LogP contribution is -2.72. The van der Waals surface area contributed by atoms with Crippen LogP contribution in [0.5, 0.6) is 40.2 Å². The maximum absolute atomic E-state index is 14.8. The first-order chi connectivity index (χ1) is 26.8. The number of carbonyl (C=O) groups excluding carboxylic acids is 3. The highest BCUT2D eigenvalue weighted by Crippen LogP contribution is 2.64. The Labute approximate surface area is 327 Å². The predicted molar refractivity (Wildman–Crippen MR) is 202 cm³/mol. The number of thioether (sulfide) groups is 1. The second-order valence-corrected chi connectivity index (χ2v) is 16.5. The van der Waals surface area contributed by atoms with Crippen LogP contribution in [0.25, 0.3) is 0 Å². The van der Waals surface area contributed by atoms with E-state index in [-0.39, 0.29) is 36.4 Å². The number of aromatic hydroxyl groups is 2. The summed E-state index contributed by atoms with van der Waals surface area (Å²) in [6.45, 7) is 5.11. The topological polar surface area (TPSA) is 192 Å². The Morgan fingerprint density at radius 2 is 1.79 bits per heavy atom. The molecule has 7 heterocycles. The van der Waals surface area contributed by atoms with Crippen molar-refractivity contribution in [3.63, 3.8) is 0 Å². The third-order valence-electron chi connectivity index (χ3n) is 12.6. The summed E-state index contributed by atoms with van der Waals surface area (Å²) in [7, 11) is 4.91. The molecular weight excluding hydrogens is 745 g/mol. The van der Waals surface area contributed by atoms with Gasteiger partial charge in [0, 0.05) is 53.6 Å². The van der Waals surface area contributed by atoms with Gasteiger partial charge in [-0.3, -0.25) is 24.7 Å². The molecule has 7 aliphatic rings. The van der Waals surface area contributed by atoms with Crippen LogP contribution in [0.4, 0.5) is 0 Å². The number of nitrogens with one attached hydrogen (secondary N) is 1. The molecule has 0 radical (unpaired) electrons. The molecule has 3 aromatic rings. The van der Waals surface area contributed by atoms with Crippen molar-refractivity contribution in [2.45, 2.75) is 74.6 Å². The lowest BCUT2D eigenvalue weighted by atomic mass is 9.71. The minimum atomic E-state index is -1.40. The van der Waals surface area contributed by atoms with Crippen molar-refractivity contribution < 1.29 is 53.0 Å². The molecule has 2 saturated heterocycles. The Morgan fingerprint density at radius 3 is 2.50 bits per heavy atom. The number of phenolic OH excluding ortho intramolecular Hbond substituents is 2. The average Bonchev–Trinajstić information content (AvgIpc) is 3.64. The van der Waals surface area contributed by atoms with Gasteiger partial charge in [-0.1, -0.05) is 6.07 Å². The monoisotopic (exact) mass is 788 g/mol. The van der Waals surface area contributed by atoms with Crippen LogP contribution < -0.4 is 34.7 Å². The number of nitrogens with two attached hydrogens (primary N) is 1. The highest BCUT2D eigenvalue weighted by Gasteiger charge is 2.62. The number of piperazine rings is 1. The van der Waals surface area contributed by atoms with Crippen molar-refractivity contribution >= 4 is 29.6 Å². The van der Waals surface area contributed by atoms with Gasteiger partial charge in [0.15, 0.2) is 40.0 Å². The van der Waals surface area contributed by atoms with Crippen molar-refractivity contribution in [3.05, 3.63) is 62.7 Å². The first-order valence-electron chi connectivity index (χ1n) is 18.6.